The molecule has 2 atom stereocenters. The van der Waals surface area contributed by atoms with Gasteiger partial charge in [0.1, 0.15) is 11.9 Å². The molecule has 0 aromatic carbocycles. The van der Waals surface area contributed by atoms with Gasteiger partial charge in [-0.15, -0.1) is 0 Å². The van der Waals surface area contributed by atoms with Gasteiger partial charge in [0, 0.05) is 12.6 Å². The molecule has 29 heavy (non-hydrogen) atoms. The van der Waals surface area contributed by atoms with Crippen molar-refractivity contribution in [2.75, 3.05) is 18.4 Å². The Kier molecular flexibility index (Phi) is 5.58. The summed E-state index contributed by atoms with van der Waals surface area (Å²) < 4.78 is 0. The maximum Gasteiger partial charge on any atom is 0.248 e. The highest BCUT2D eigenvalue weighted by atomic mass is 16.5. The Bertz CT molecular complexity index is 742. The molecular weight excluding hydrogens is 374 g/mol. The molecule has 158 valence electrons. The third-order valence-corrected chi connectivity index (χ3v) is 6.78. The number of aromatic nitrogens is 2. The van der Waals surface area contributed by atoms with Crippen LogP contribution in [-0.4, -0.2) is 62.7 Å². The first-order chi connectivity index (χ1) is 14.0. The molecule has 3 fully saturated rings. The van der Waals surface area contributed by atoms with Gasteiger partial charge in [-0.25, -0.2) is 5.06 Å². The zero-order valence-electron chi connectivity index (χ0n) is 16.5. The van der Waals surface area contributed by atoms with Crippen LogP contribution in [0.3, 0.4) is 0 Å². The third kappa shape index (κ3) is 4.44. The fraction of sp³-hybridized carbons (Fsp3) is 0.700. The Labute approximate surface area is 169 Å². The monoisotopic (exact) mass is 403 g/mol. The second-order valence-corrected chi connectivity index (χ2v) is 8.96. The number of rotatable bonds is 8. The fourth-order valence-electron chi connectivity index (χ4n) is 5.01. The van der Waals surface area contributed by atoms with Crippen molar-refractivity contribution < 1.29 is 19.6 Å². The molecule has 2 saturated carbocycles. The Morgan fingerprint density at radius 3 is 2.79 bits per heavy atom. The number of hydrogen-bond donors (Lipinski definition) is 3. The molecule has 2 heterocycles. The standard InChI is InChI=1S/C20H29N5O4/c26-13-24(29)11-15(9-14-3-1-2-4-14)19(28)25-12-20(6-7-20)10-16(25)18(27)22-17-5-8-21-23-17/h5,8,13-16,29H,1-4,6-7,9-12H2,(H2,21,22,23,27)/t15-,16+/m1/s1. The summed E-state index contributed by atoms with van der Waals surface area (Å²) in [5.41, 5.74) is 0.0487. The second kappa shape index (κ2) is 8.14. The van der Waals surface area contributed by atoms with E-state index < -0.39 is 12.0 Å². The van der Waals surface area contributed by atoms with Crippen molar-refractivity contribution in [1.82, 2.24) is 20.2 Å². The van der Waals surface area contributed by atoms with E-state index in [9.17, 15) is 19.6 Å². The SMILES string of the molecule is O=CN(O)C[C@@H](CC1CCCC1)C(=O)N1CC2(CC2)C[C@H]1C(=O)Nc1ccn[nH]1. The van der Waals surface area contributed by atoms with Gasteiger partial charge in [0.25, 0.3) is 0 Å². The van der Waals surface area contributed by atoms with Crippen LogP contribution in [0.25, 0.3) is 0 Å². The summed E-state index contributed by atoms with van der Waals surface area (Å²) in [5, 5.41) is 19.7. The van der Waals surface area contributed by atoms with Crippen molar-refractivity contribution in [1.29, 1.82) is 0 Å². The van der Waals surface area contributed by atoms with E-state index in [-0.39, 0.29) is 23.8 Å². The van der Waals surface area contributed by atoms with Crippen molar-refractivity contribution in [2.45, 2.75) is 57.4 Å². The van der Waals surface area contributed by atoms with Crippen LogP contribution in [0.5, 0.6) is 0 Å². The van der Waals surface area contributed by atoms with Crippen LogP contribution in [0.15, 0.2) is 12.3 Å². The highest BCUT2D eigenvalue weighted by Crippen LogP contribution is 2.55. The smallest absolute Gasteiger partial charge is 0.248 e. The van der Waals surface area contributed by atoms with Gasteiger partial charge in [0.05, 0.1) is 18.7 Å². The molecule has 0 unspecified atom stereocenters. The molecule has 3 aliphatic rings. The van der Waals surface area contributed by atoms with Crippen LogP contribution < -0.4 is 5.32 Å². The minimum absolute atomic E-state index is 0.0305. The van der Waals surface area contributed by atoms with Crippen LogP contribution in [0.4, 0.5) is 5.82 Å². The predicted molar refractivity (Wildman–Crippen MR) is 104 cm³/mol. The molecule has 4 rings (SSSR count). The van der Waals surface area contributed by atoms with E-state index >= 15 is 0 Å². The van der Waals surface area contributed by atoms with Gasteiger partial charge in [-0.3, -0.25) is 24.7 Å². The van der Waals surface area contributed by atoms with Crippen molar-refractivity contribution in [3.05, 3.63) is 12.3 Å². The first kappa shape index (κ1) is 19.9. The number of aromatic amines is 1. The molecule has 1 aromatic rings. The molecule has 1 aromatic heterocycles. The van der Waals surface area contributed by atoms with Gasteiger partial charge in [0.2, 0.25) is 18.2 Å². The molecule has 2 aliphatic carbocycles. The van der Waals surface area contributed by atoms with Crippen molar-refractivity contribution in [3.8, 4) is 0 Å². The topological polar surface area (TPSA) is 119 Å². The lowest BCUT2D eigenvalue weighted by atomic mass is 9.91. The number of carbonyl (C=O) groups is 3. The molecule has 1 aliphatic heterocycles. The van der Waals surface area contributed by atoms with E-state index in [0.717, 1.165) is 38.5 Å². The van der Waals surface area contributed by atoms with Crippen LogP contribution in [0, 0.1) is 17.3 Å². The molecule has 3 N–H and O–H groups in total. The van der Waals surface area contributed by atoms with Crippen LogP contribution in [0.1, 0.15) is 51.4 Å². The van der Waals surface area contributed by atoms with Crippen LogP contribution in [0.2, 0.25) is 0 Å². The number of nitrogens with one attached hydrogen (secondary N) is 2. The number of anilines is 1. The zero-order valence-corrected chi connectivity index (χ0v) is 16.5. The van der Waals surface area contributed by atoms with Crippen LogP contribution >= 0.6 is 0 Å². The number of H-pyrrole nitrogens is 1. The Morgan fingerprint density at radius 2 is 2.17 bits per heavy atom. The van der Waals surface area contributed by atoms with E-state index in [1.54, 1.807) is 17.2 Å². The lowest BCUT2D eigenvalue weighted by molar-refractivity contribution is -0.158. The number of hydrogen-bond acceptors (Lipinski definition) is 5. The molecule has 0 bridgehead atoms. The molecule has 9 nitrogen and oxygen atoms in total. The summed E-state index contributed by atoms with van der Waals surface area (Å²) in [6, 6.07) is 1.13. The summed E-state index contributed by atoms with van der Waals surface area (Å²) in [4.78, 5) is 39.1. The molecule has 9 heteroatoms. The number of amides is 3. The predicted octanol–water partition coefficient (Wildman–Crippen LogP) is 1.77. The molecule has 0 radical (unpaired) electrons. The first-order valence-electron chi connectivity index (χ1n) is 10.5. The van der Waals surface area contributed by atoms with Gasteiger partial charge >= 0.3 is 0 Å². The maximum absolute atomic E-state index is 13.5. The zero-order chi connectivity index (χ0) is 20.4. The van der Waals surface area contributed by atoms with Crippen molar-refractivity contribution in [3.63, 3.8) is 0 Å². The highest BCUT2D eigenvalue weighted by Gasteiger charge is 2.55. The maximum atomic E-state index is 13.5. The summed E-state index contributed by atoms with van der Waals surface area (Å²) in [5.74, 6) is 0.0844. The Hall–Kier alpha value is -2.42. The third-order valence-electron chi connectivity index (χ3n) is 6.78. The highest BCUT2D eigenvalue weighted by molar-refractivity contribution is 5.97. The quantitative estimate of drug-likeness (QED) is 0.347. The van der Waals surface area contributed by atoms with Crippen molar-refractivity contribution >= 4 is 24.0 Å². The average Bonchev–Trinajstić information content (AvgIpc) is 3.13. The van der Waals surface area contributed by atoms with E-state index in [1.165, 1.54) is 0 Å². The van der Waals surface area contributed by atoms with Gasteiger partial charge in [-0.05, 0) is 37.0 Å². The molecule has 1 saturated heterocycles. The lowest BCUT2D eigenvalue weighted by Crippen LogP contribution is -2.48. The summed E-state index contributed by atoms with van der Waals surface area (Å²) in [6.07, 6.45) is 9.71. The van der Waals surface area contributed by atoms with E-state index in [4.69, 9.17) is 0 Å². The van der Waals surface area contributed by atoms with Gasteiger partial charge in [-0.2, -0.15) is 5.10 Å². The normalized spacial score (nSPS) is 23.9. The lowest BCUT2D eigenvalue weighted by Gasteiger charge is -2.30. The minimum atomic E-state index is -0.539. The largest absolute Gasteiger partial charge is 0.330 e. The van der Waals surface area contributed by atoms with Crippen molar-refractivity contribution in [2.24, 2.45) is 17.3 Å². The van der Waals surface area contributed by atoms with Gasteiger partial charge in [-0.1, -0.05) is 25.7 Å². The number of likely N-dealkylation sites (tertiary alicyclic amines) is 1. The first-order valence-corrected chi connectivity index (χ1v) is 10.5. The molecular formula is C20H29N5O4. The summed E-state index contributed by atoms with van der Waals surface area (Å²) in [7, 11) is 0. The molecule has 1 spiro atoms. The van der Waals surface area contributed by atoms with Gasteiger partial charge in [0.15, 0.2) is 0 Å². The van der Waals surface area contributed by atoms with E-state index in [2.05, 4.69) is 15.5 Å². The van der Waals surface area contributed by atoms with Crippen LogP contribution in [-0.2, 0) is 14.4 Å². The number of nitrogens with zero attached hydrogens (tertiary/aromatic N) is 3. The molecule has 3 amide bonds. The minimum Gasteiger partial charge on any atom is -0.330 e. The Balaban J connectivity index is 1.50. The Morgan fingerprint density at radius 1 is 1.41 bits per heavy atom. The average molecular weight is 403 g/mol. The van der Waals surface area contributed by atoms with E-state index in [1.807, 2.05) is 0 Å². The van der Waals surface area contributed by atoms with E-state index in [0.29, 0.717) is 42.6 Å². The fourth-order valence-corrected chi connectivity index (χ4v) is 5.01. The summed E-state index contributed by atoms with van der Waals surface area (Å²) in [6.45, 7) is 0.539. The second-order valence-electron chi connectivity index (χ2n) is 8.96. The van der Waals surface area contributed by atoms with Gasteiger partial charge < -0.3 is 10.2 Å². The number of hydroxylamine groups is 2. The number of carbonyl (C=O) groups excluding carboxylic acids is 3. The summed E-state index contributed by atoms with van der Waals surface area (Å²) >= 11 is 0.